The van der Waals surface area contributed by atoms with Crippen LogP contribution in [0.4, 0.5) is 0 Å². The predicted octanol–water partition coefficient (Wildman–Crippen LogP) is 1.55. The van der Waals surface area contributed by atoms with E-state index in [9.17, 15) is 9.59 Å². The third-order valence-corrected chi connectivity index (χ3v) is 2.32. The molecule has 0 bridgehead atoms. The number of benzene rings is 1. The SMILES string of the molecule is O=C1OC(=O)c2nc3ccccc3cc21. The van der Waals surface area contributed by atoms with Crippen molar-refractivity contribution in [3.8, 4) is 0 Å². The number of aromatic nitrogens is 1. The van der Waals surface area contributed by atoms with Crippen molar-refractivity contribution in [3.63, 3.8) is 0 Å². The Bertz CT molecular complexity index is 551. The molecule has 0 atom stereocenters. The van der Waals surface area contributed by atoms with Gasteiger partial charge in [-0.1, -0.05) is 18.2 Å². The Balaban J connectivity index is 2.41. The maximum absolute atomic E-state index is 11.2. The van der Waals surface area contributed by atoms with Crippen LogP contribution in [0.25, 0.3) is 10.9 Å². The lowest BCUT2D eigenvalue weighted by atomic mass is 10.1. The number of hydrogen-bond acceptors (Lipinski definition) is 4. The van der Waals surface area contributed by atoms with Crippen LogP contribution in [-0.2, 0) is 4.74 Å². The number of carbonyl (C=O) groups is 2. The van der Waals surface area contributed by atoms with Crippen molar-refractivity contribution in [2.45, 2.75) is 0 Å². The second-order valence-electron chi connectivity index (χ2n) is 3.25. The predicted molar refractivity (Wildman–Crippen MR) is 51.5 cm³/mol. The van der Waals surface area contributed by atoms with Crippen molar-refractivity contribution < 1.29 is 14.3 Å². The summed E-state index contributed by atoms with van der Waals surface area (Å²) in [6.45, 7) is 0. The Labute approximate surface area is 84.5 Å². The lowest BCUT2D eigenvalue weighted by molar-refractivity contribution is 0.0441. The minimum atomic E-state index is -0.666. The lowest BCUT2D eigenvalue weighted by Crippen LogP contribution is -1.98. The van der Waals surface area contributed by atoms with Crippen LogP contribution in [0, 0.1) is 0 Å². The van der Waals surface area contributed by atoms with Crippen LogP contribution < -0.4 is 0 Å². The summed E-state index contributed by atoms with van der Waals surface area (Å²) in [5, 5.41) is 0.822. The van der Waals surface area contributed by atoms with Gasteiger partial charge in [0.05, 0.1) is 11.1 Å². The van der Waals surface area contributed by atoms with Gasteiger partial charge in [0, 0.05) is 5.39 Å². The van der Waals surface area contributed by atoms with E-state index in [-0.39, 0.29) is 11.3 Å². The Hall–Kier alpha value is -2.23. The number of cyclic esters (lactones) is 2. The summed E-state index contributed by atoms with van der Waals surface area (Å²) in [5.74, 6) is -1.28. The van der Waals surface area contributed by atoms with Crippen LogP contribution in [0.15, 0.2) is 30.3 Å². The number of rotatable bonds is 0. The fourth-order valence-electron chi connectivity index (χ4n) is 1.61. The van der Waals surface area contributed by atoms with E-state index >= 15 is 0 Å². The van der Waals surface area contributed by atoms with E-state index in [1.165, 1.54) is 0 Å². The first-order valence-electron chi connectivity index (χ1n) is 4.42. The molecule has 0 saturated heterocycles. The van der Waals surface area contributed by atoms with Gasteiger partial charge in [-0.15, -0.1) is 0 Å². The van der Waals surface area contributed by atoms with Gasteiger partial charge in [-0.25, -0.2) is 14.6 Å². The van der Waals surface area contributed by atoms with E-state index in [1.807, 2.05) is 18.2 Å². The highest BCUT2D eigenvalue weighted by atomic mass is 16.6. The lowest BCUT2D eigenvalue weighted by Gasteiger charge is -1.97. The number of para-hydroxylation sites is 1. The van der Waals surface area contributed by atoms with Gasteiger partial charge in [0.15, 0.2) is 5.69 Å². The van der Waals surface area contributed by atoms with Gasteiger partial charge >= 0.3 is 11.9 Å². The molecule has 1 aliphatic rings. The van der Waals surface area contributed by atoms with E-state index in [2.05, 4.69) is 9.72 Å². The molecule has 0 amide bonds. The van der Waals surface area contributed by atoms with Gasteiger partial charge in [0.1, 0.15) is 0 Å². The summed E-state index contributed by atoms with van der Waals surface area (Å²) in [4.78, 5) is 26.5. The standard InChI is InChI=1S/C11H5NO3/c13-10-7-5-6-3-1-2-4-8(6)12-9(7)11(14)15-10/h1-5H. The number of hydrogen-bond donors (Lipinski definition) is 0. The summed E-state index contributed by atoms with van der Waals surface area (Å²) in [7, 11) is 0. The van der Waals surface area contributed by atoms with Crippen LogP contribution >= 0.6 is 0 Å². The van der Waals surface area contributed by atoms with Crippen LogP contribution in [-0.4, -0.2) is 16.9 Å². The third kappa shape index (κ3) is 1.05. The largest absolute Gasteiger partial charge is 0.384 e. The van der Waals surface area contributed by atoms with Crippen molar-refractivity contribution >= 4 is 22.8 Å². The van der Waals surface area contributed by atoms with Crippen LogP contribution in [0.3, 0.4) is 0 Å². The molecule has 1 aliphatic heterocycles. The van der Waals surface area contributed by atoms with E-state index in [0.29, 0.717) is 5.52 Å². The average molecular weight is 199 g/mol. The van der Waals surface area contributed by atoms with E-state index in [1.54, 1.807) is 12.1 Å². The molecule has 4 heteroatoms. The van der Waals surface area contributed by atoms with Gasteiger partial charge in [-0.2, -0.15) is 0 Å². The Morgan fingerprint density at radius 1 is 1.07 bits per heavy atom. The van der Waals surface area contributed by atoms with Crippen molar-refractivity contribution in [1.29, 1.82) is 0 Å². The Kier molecular flexibility index (Phi) is 1.42. The molecule has 1 aromatic carbocycles. The van der Waals surface area contributed by atoms with Crippen LogP contribution in [0.1, 0.15) is 20.8 Å². The minimum absolute atomic E-state index is 0.110. The highest BCUT2D eigenvalue weighted by Crippen LogP contribution is 2.22. The number of esters is 2. The fourth-order valence-corrected chi connectivity index (χ4v) is 1.61. The zero-order chi connectivity index (χ0) is 10.4. The molecule has 0 spiro atoms. The highest BCUT2D eigenvalue weighted by Gasteiger charge is 2.31. The first kappa shape index (κ1) is 8.11. The Morgan fingerprint density at radius 3 is 2.73 bits per heavy atom. The molecular formula is C11H5NO3. The van der Waals surface area contributed by atoms with E-state index in [0.717, 1.165) is 5.39 Å². The molecule has 1 aromatic heterocycles. The van der Waals surface area contributed by atoms with E-state index < -0.39 is 11.9 Å². The molecule has 0 unspecified atom stereocenters. The zero-order valence-corrected chi connectivity index (χ0v) is 7.56. The number of carbonyl (C=O) groups excluding carboxylic acids is 2. The molecule has 0 aliphatic carbocycles. The molecule has 2 aromatic rings. The first-order valence-corrected chi connectivity index (χ1v) is 4.42. The highest BCUT2D eigenvalue weighted by molar-refractivity contribution is 6.15. The maximum Gasteiger partial charge on any atom is 0.365 e. The van der Waals surface area contributed by atoms with Crippen LogP contribution in [0.5, 0.6) is 0 Å². The molecular weight excluding hydrogens is 194 g/mol. The molecule has 72 valence electrons. The third-order valence-electron chi connectivity index (χ3n) is 2.32. The van der Waals surface area contributed by atoms with Gasteiger partial charge < -0.3 is 4.74 Å². The molecule has 2 heterocycles. The van der Waals surface area contributed by atoms with Crippen LogP contribution in [0.2, 0.25) is 0 Å². The molecule has 15 heavy (non-hydrogen) atoms. The van der Waals surface area contributed by atoms with E-state index in [4.69, 9.17) is 0 Å². The molecule has 0 N–H and O–H groups in total. The second-order valence-corrected chi connectivity index (χ2v) is 3.25. The van der Waals surface area contributed by atoms with Gasteiger partial charge in [0.25, 0.3) is 0 Å². The summed E-state index contributed by atoms with van der Waals surface area (Å²) < 4.78 is 4.46. The average Bonchev–Trinajstić information content (AvgIpc) is 2.52. The van der Waals surface area contributed by atoms with Crippen molar-refractivity contribution in [3.05, 3.63) is 41.6 Å². The minimum Gasteiger partial charge on any atom is -0.384 e. The van der Waals surface area contributed by atoms with Gasteiger partial charge in [-0.05, 0) is 12.1 Å². The van der Waals surface area contributed by atoms with Crippen molar-refractivity contribution in [1.82, 2.24) is 4.98 Å². The monoisotopic (exact) mass is 199 g/mol. The summed E-state index contributed by atoms with van der Waals surface area (Å²) in [6.07, 6.45) is 0. The zero-order valence-electron chi connectivity index (χ0n) is 7.56. The van der Waals surface area contributed by atoms with Gasteiger partial charge in [-0.3, -0.25) is 0 Å². The summed E-state index contributed by atoms with van der Waals surface area (Å²) in [6, 6.07) is 8.91. The molecule has 0 saturated carbocycles. The molecule has 0 radical (unpaired) electrons. The second kappa shape index (κ2) is 2.63. The number of nitrogens with zero attached hydrogens (tertiary/aromatic N) is 1. The first-order chi connectivity index (χ1) is 7.25. The maximum atomic E-state index is 11.2. The summed E-state index contributed by atoms with van der Waals surface area (Å²) in [5.41, 5.74) is 1.04. The quantitative estimate of drug-likeness (QED) is 0.477. The molecule has 4 nitrogen and oxygen atoms in total. The number of ether oxygens (including phenoxy) is 1. The number of pyridine rings is 1. The van der Waals surface area contributed by atoms with Crippen molar-refractivity contribution in [2.24, 2.45) is 0 Å². The topological polar surface area (TPSA) is 56.3 Å². The molecule has 3 rings (SSSR count). The normalized spacial score (nSPS) is 14.1. The molecule has 0 fully saturated rings. The number of fused-ring (bicyclic) bond motifs is 2. The van der Waals surface area contributed by atoms with Gasteiger partial charge in [0.2, 0.25) is 0 Å². The summed E-state index contributed by atoms with van der Waals surface area (Å²) >= 11 is 0. The smallest absolute Gasteiger partial charge is 0.365 e. The fraction of sp³-hybridized carbons (Fsp3) is 0. The Morgan fingerprint density at radius 2 is 1.87 bits per heavy atom. The van der Waals surface area contributed by atoms with Crippen molar-refractivity contribution in [2.75, 3.05) is 0 Å².